The fourth-order valence-corrected chi connectivity index (χ4v) is 4.75. The Kier molecular flexibility index (Phi) is 8.52. The Morgan fingerprint density at radius 3 is 1.77 bits per heavy atom. The Morgan fingerprint density at radius 2 is 1.26 bits per heavy atom. The zero-order chi connectivity index (χ0) is 25.5. The average molecular weight is 518 g/mol. The number of sulfone groups is 1. The highest BCUT2D eigenvalue weighted by molar-refractivity contribution is 7.90. The van der Waals surface area contributed by atoms with Gasteiger partial charge in [-0.05, 0) is 60.7 Å². The van der Waals surface area contributed by atoms with Gasteiger partial charge in [0.1, 0.15) is 27.1 Å². The van der Waals surface area contributed by atoms with E-state index in [1.165, 1.54) is 24.3 Å². The second-order valence-corrected chi connectivity index (χ2v) is 11.8. The van der Waals surface area contributed by atoms with Gasteiger partial charge in [-0.2, -0.15) is 8.42 Å². The highest BCUT2D eigenvalue weighted by Crippen LogP contribution is 2.20. The lowest BCUT2D eigenvalue weighted by atomic mass is 10.0. The van der Waals surface area contributed by atoms with Crippen LogP contribution in [0.4, 0.5) is 5.69 Å². The van der Waals surface area contributed by atoms with Crippen molar-refractivity contribution in [1.29, 1.82) is 0 Å². The van der Waals surface area contributed by atoms with Crippen molar-refractivity contribution >= 4 is 31.4 Å². The first-order valence-electron chi connectivity index (χ1n) is 10.7. The third kappa shape index (κ3) is 8.11. The lowest BCUT2D eigenvalue weighted by Crippen LogP contribution is -2.34. The molecule has 0 aliphatic heterocycles. The van der Waals surface area contributed by atoms with E-state index in [1.54, 1.807) is 60.5 Å². The van der Waals surface area contributed by atoms with Crippen LogP contribution in [0.15, 0.2) is 78.9 Å². The minimum absolute atomic E-state index is 0.0515. The summed E-state index contributed by atoms with van der Waals surface area (Å²) in [6.07, 6.45) is 1.14. The summed E-state index contributed by atoms with van der Waals surface area (Å²) in [5.74, 6) is 0.0489. The topological polar surface area (TPSA) is 107 Å². The number of ketones is 1. The largest absolute Gasteiger partial charge is 0.497 e. The summed E-state index contributed by atoms with van der Waals surface area (Å²) in [6.45, 7) is 0.205. The van der Waals surface area contributed by atoms with Gasteiger partial charge in [-0.15, -0.1) is 0 Å². The van der Waals surface area contributed by atoms with Gasteiger partial charge in [0, 0.05) is 36.2 Å². The first-order valence-corrected chi connectivity index (χ1v) is 14.4. The summed E-state index contributed by atoms with van der Waals surface area (Å²) in [5.41, 5.74) is 1.57. The number of hydrogen-bond donors (Lipinski definition) is 0. The van der Waals surface area contributed by atoms with Gasteiger partial charge in [0.05, 0.1) is 12.9 Å². The van der Waals surface area contributed by atoms with Crippen LogP contribution in [0.2, 0.25) is 0 Å². The van der Waals surface area contributed by atoms with Crippen LogP contribution in [-0.2, 0) is 20.0 Å². The van der Waals surface area contributed by atoms with Crippen molar-refractivity contribution in [3.05, 3.63) is 90.0 Å². The van der Waals surface area contributed by atoms with E-state index < -0.39 is 20.0 Å². The number of carbonyl (C=O) groups is 1. The smallest absolute Gasteiger partial charge is 0.310 e. The zero-order valence-electron chi connectivity index (χ0n) is 19.5. The molecule has 0 radical (unpaired) electrons. The van der Waals surface area contributed by atoms with Crippen molar-refractivity contribution in [1.82, 2.24) is 0 Å². The molecule has 0 aliphatic carbocycles. The molecular weight excluding hydrogens is 490 g/mol. The molecule has 8 nitrogen and oxygen atoms in total. The number of benzene rings is 3. The van der Waals surface area contributed by atoms with Gasteiger partial charge in [-0.3, -0.25) is 4.79 Å². The summed E-state index contributed by atoms with van der Waals surface area (Å²) >= 11 is 0. The van der Waals surface area contributed by atoms with Gasteiger partial charge in [0.2, 0.25) is 0 Å². The van der Waals surface area contributed by atoms with Crippen LogP contribution in [0.25, 0.3) is 0 Å². The Hall–Kier alpha value is -3.37. The monoisotopic (exact) mass is 517 g/mol. The number of methoxy groups -OCH3 is 1. The van der Waals surface area contributed by atoms with Gasteiger partial charge in [-0.1, -0.05) is 18.2 Å². The maximum Gasteiger partial charge on any atom is 0.310 e. The van der Waals surface area contributed by atoms with E-state index in [2.05, 4.69) is 0 Å². The first kappa shape index (κ1) is 26.2. The summed E-state index contributed by atoms with van der Waals surface area (Å²) in [4.78, 5) is 14.3. The quantitative estimate of drug-likeness (QED) is 0.266. The second kappa shape index (κ2) is 11.4. The Balaban J connectivity index is 1.64. The molecule has 3 aromatic carbocycles. The summed E-state index contributed by atoms with van der Waals surface area (Å²) in [6, 6.07) is 21.5. The van der Waals surface area contributed by atoms with E-state index in [0.717, 1.165) is 6.26 Å². The molecule has 10 heteroatoms. The SMILES string of the molecule is COc1ccc(C(=O)c2ccc(OS(=O)(=O)CCN(CCS(C)(=O)=O)c3ccccc3)cc2)cc1. The average Bonchev–Trinajstić information content (AvgIpc) is 2.84. The van der Waals surface area contributed by atoms with Gasteiger partial charge in [0.25, 0.3) is 0 Å². The van der Waals surface area contributed by atoms with Crippen LogP contribution in [0.1, 0.15) is 15.9 Å². The molecule has 0 N–H and O–H groups in total. The molecule has 0 bridgehead atoms. The van der Waals surface area contributed by atoms with Crippen molar-refractivity contribution in [2.45, 2.75) is 0 Å². The maximum atomic E-state index is 12.6. The fourth-order valence-electron chi connectivity index (χ4n) is 3.27. The molecular formula is C25H27NO7S2. The molecule has 0 atom stereocenters. The van der Waals surface area contributed by atoms with Crippen LogP contribution in [0.5, 0.6) is 11.5 Å². The summed E-state index contributed by atoms with van der Waals surface area (Å²) in [7, 11) is -5.65. The fraction of sp³-hybridized carbons (Fsp3) is 0.240. The second-order valence-electron chi connectivity index (χ2n) is 7.88. The lowest BCUT2D eigenvalue weighted by molar-refractivity contribution is 0.103. The van der Waals surface area contributed by atoms with Crippen molar-refractivity contribution in [2.75, 3.05) is 42.9 Å². The van der Waals surface area contributed by atoms with Gasteiger partial charge >= 0.3 is 10.1 Å². The van der Waals surface area contributed by atoms with Gasteiger partial charge in [-0.25, -0.2) is 8.42 Å². The predicted octanol–water partition coefficient (Wildman–Crippen LogP) is 3.19. The highest BCUT2D eigenvalue weighted by Gasteiger charge is 2.18. The Labute approximate surface area is 206 Å². The minimum Gasteiger partial charge on any atom is -0.497 e. The molecule has 0 heterocycles. The van der Waals surface area contributed by atoms with E-state index >= 15 is 0 Å². The molecule has 186 valence electrons. The van der Waals surface area contributed by atoms with Crippen molar-refractivity contribution in [3.63, 3.8) is 0 Å². The first-order chi connectivity index (χ1) is 16.6. The van der Waals surface area contributed by atoms with Crippen molar-refractivity contribution < 1.29 is 30.6 Å². The molecule has 0 saturated carbocycles. The van der Waals surface area contributed by atoms with Crippen molar-refractivity contribution in [2.24, 2.45) is 0 Å². The van der Waals surface area contributed by atoms with E-state index in [0.29, 0.717) is 22.6 Å². The Morgan fingerprint density at radius 1 is 0.743 bits per heavy atom. The molecule has 0 spiro atoms. The number of ether oxygens (including phenoxy) is 1. The third-order valence-electron chi connectivity index (χ3n) is 5.16. The normalized spacial score (nSPS) is 11.6. The molecule has 0 aliphatic rings. The summed E-state index contributed by atoms with van der Waals surface area (Å²) in [5, 5.41) is 0. The molecule has 35 heavy (non-hydrogen) atoms. The Bertz CT molecular complexity index is 1340. The van der Waals surface area contributed by atoms with Crippen molar-refractivity contribution in [3.8, 4) is 11.5 Å². The molecule has 0 fully saturated rings. The standard InChI is InChI=1S/C25H27NO7S2/c1-32-23-12-8-20(9-13-23)25(27)21-10-14-24(15-11-21)33-35(30,31)19-17-26(16-18-34(2,28)29)22-6-4-3-5-7-22/h3-15H,16-19H2,1-2H3. The highest BCUT2D eigenvalue weighted by atomic mass is 32.2. The van der Waals surface area contributed by atoms with E-state index in [-0.39, 0.29) is 36.1 Å². The number of carbonyl (C=O) groups excluding carboxylic acids is 1. The molecule has 0 amide bonds. The number of anilines is 1. The van der Waals surface area contributed by atoms with Crippen LogP contribution in [0, 0.1) is 0 Å². The predicted molar refractivity (Wildman–Crippen MR) is 136 cm³/mol. The van der Waals surface area contributed by atoms with E-state index in [4.69, 9.17) is 8.92 Å². The minimum atomic E-state index is -3.97. The van der Waals surface area contributed by atoms with Gasteiger partial charge in [0.15, 0.2) is 5.78 Å². The molecule has 0 unspecified atom stereocenters. The van der Waals surface area contributed by atoms with E-state index in [1.807, 2.05) is 6.07 Å². The van der Waals surface area contributed by atoms with Crippen LogP contribution in [0.3, 0.4) is 0 Å². The molecule has 0 aromatic heterocycles. The summed E-state index contributed by atoms with van der Waals surface area (Å²) < 4.78 is 58.7. The number of hydrogen-bond acceptors (Lipinski definition) is 8. The third-order valence-corrected chi connectivity index (χ3v) is 7.21. The number of rotatable bonds is 12. The van der Waals surface area contributed by atoms with Crippen LogP contribution >= 0.6 is 0 Å². The lowest BCUT2D eigenvalue weighted by Gasteiger charge is -2.24. The van der Waals surface area contributed by atoms with Crippen LogP contribution in [-0.4, -0.2) is 60.6 Å². The van der Waals surface area contributed by atoms with E-state index in [9.17, 15) is 21.6 Å². The van der Waals surface area contributed by atoms with Gasteiger partial charge < -0.3 is 13.8 Å². The maximum absolute atomic E-state index is 12.6. The number of para-hydroxylation sites is 1. The van der Waals surface area contributed by atoms with Crippen LogP contribution < -0.4 is 13.8 Å². The molecule has 3 aromatic rings. The molecule has 0 saturated heterocycles. The molecule has 3 rings (SSSR count). The number of nitrogens with zero attached hydrogens (tertiary/aromatic N) is 1. The zero-order valence-corrected chi connectivity index (χ0v) is 21.1.